The van der Waals surface area contributed by atoms with Crippen molar-refractivity contribution in [2.75, 3.05) is 0 Å². The van der Waals surface area contributed by atoms with Crippen LogP contribution in [0.4, 0.5) is 0 Å². The van der Waals surface area contributed by atoms with E-state index in [4.69, 9.17) is 0 Å². The fraction of sp³-hybridized carbons (Fsp3) is 0. The van der Waals surface area contributed by atoms with Crippen molar-refractivity contribution >= 4 is 11.0 Å². The summed E-state index contributed by atoms with van der Waals surface area (Å²) in [5, 5.41) is 0. The topological polar surface area (TPSA) is 17.8 Å². The van der Waals surface area contributed by atoms with Crippen molar-refractivity contribution in [3.8, 4) is 16.8 Å². The van der Waals surface area contributed by atoms with Gasteiger partial charge in [0.2, 0.25) is 0 Å². The van der Waals surface area contributed by atoms with Crippen LogP contribution >= 0.6 is 0 Å². The summed E-state index contributed by atoms with van der Waals surface area (Å²) in [6.07, 6.45) is 1.88. The molecule has 0 saturated heterocycles. The van der Waals surface area contributed by atoms with Gasteiger partial charge in [0.25, 0.3) is 0 Å². The maximum atomic E-state index is 4.46. The van der Waals surface area contributed by atoms with Crippen molar-refractivity contribution in [3.05, 3.63) is 85.2 Å². The predicted molar refractivity (Wildman–Crippen MR) is 86.5 cm³/mol. The predicted octanol–water partition coefficient (Wildman–Crippen LogP) is 4.69. The lowest BCUT2D eigenvalue weighted by molar-refractivity contribution is 1.09. The monoisotopic (exact) mass is 270 g/mol. The van der Waals surface area contributed by atoms with Gasteiger partial charge in [0.05, 0.1) is 11.0 Å². The molecule has 0 radical (unpaired) electrons. The zero-order valence-electron chi connectivity index (χ0n) is 11.5. The minimum atomic E-state index is 1.02. The van der Waals surface area contributed by atoms with Crippen molar-refractivity contribution in [2.45, 2.75) is 0 Å². The Morgan fingerprint density at radius 3 is 2.33 bits per heavy atom. The Morgan fingerprint density at radius 1 is 0.667 bits per heavy atom. The average Bonchev–Trinajstić information content (AvgIpc) is 3.00. The Morgan fingerprint density at radius 2 is 1.43 bits per heavy atom. The first kappa shape index (κ1) is 11.9. The van der Waals surface area contributed by atoms with E-state index >= 15 is 0 Å². The maximum absolute atomic E-state index is 4.46. The van der Waals surface area contributed by atoms with Crippen LogP contribution in [0.3, 0.4) is 0 Å². The van der Waals surface area contributed by atoms with Crippen molar-refractivity contribution in [2.24, 2.45) is 0 Å². The van der Waals surface area contributed by atoms with Crippen molar-refractivity contribution in [1.82, 2.24) is 9.55 Å². The van der Waals surface area contributed by atoms with E-state index in [0.29, 0.717) is 0 Å². The highest BCUT2D eigenvalue weighted by Crippen LogP contribution is 2.24. The SMILES string of the molecule is c1ccc(-c2cccc(-n3cnc4ccccc43)c2)cc1. The molecule has 1 heterocycles. The van der Waals surface area contributed by atoms with Crippen LogP contribution in [0.1, 0.15) is 0 Å². The van der Waals surface area contributed by atoms with Crippen LogP contribution in [0.5, 0.6) is 0 Å². The number of fused-ring (bicyclic) bond motifs is 1. The number of para-hydroxylation sites is 2. The molecule has 0 aliphatic heterocycles. The number of hydrogen-bond donors (Lipinski definition) is 0. The lowest BCUT2D eigenvalue weighted by atomic mass is 10.1. The number of nitrogens with zero attached hydrogens (tertiary/aromatic N) is 2. The highest BCUT2D eigenvalue weighted by Gasteiger charge is 2.05. The first-order valence-electron chi connectivity index (χ1n) is 7.00. The molecule has 2 heteroatoms. The van der Waals surface area contributed by atoms with Gasteiger partial charge in [-0.2, -0.15) is 0 Å². The molecule has 2 nitrogen and oxygen atoms in total. The van der Waals surface area contributed by atoms with E-state index < -0.39 is 0 Å². The Bertz CT molecular complexity index is 892. The van der Waals surface area contributed by atoms with Gasteiger partial charge in [-0.15, -0.1) is 0 Å². The molecule has 0 unspecified atom stereocenters. The van der Waals surface area contributed by atoms with Crippen LogP contribution in [0, 0.1) is 0 Å². The van der Waals surface area contributed by atoms with Crippen LogP contribution in [0.2, 0.25) is 0 Å². The Balaban J connectivity index is 1.87. The van der Waals surface area contributed by atoms with Gasteiger partial charge >= 0.3 is 0 Å². The van der Waals surface area contributed by atoms with Gasteiger partial charge in [0.15, 0.2) is 0 Å². The third-order valence-electron chi connectivity index (χ3n) is 3.69. The highest BCUT2D eigenvalue weighted by molar-refractivity contribution is 5.78. The minimum Gasteiger partial charge on any atom is -0.299 e. The van der Waals surface area contributed by atoms with Crippen molar-refractivity contribution < 1.29 is 0 Å². The van der Waals surface area contributed by atoms with Gasteiger partial charge in [0.1, 0.15) is 6.33 Å². The summed E-state index contributed by atoms with van der Waals surface area (Å²) >= 11 is 0. The van der Waals surface area contributed by atoms with Crippen LogP contribution in [0.15, 0.2) is 85.2 Å². The van der Waals surface area contributed by atoms with E-state index in [0.717, 1.165) is 16.7 Å². The number of aromatic nitrogens is 2. The molecule has 0 N–H and O–H groups in total. The molecule has 0 spiro atoms. The van der Waals surface area contributed by atoms with Gasteiger partial charge in [0, 0.05) is 5.69 Å². The van der Waals surface area contributed by atoms with E-state index in [1.54, 1.807) is 0 Å². The molecule has 0 bridgehead atoms. The zero-order valence-corrected chi connectivity index (χ0v) is 11.5. The minimum absolute atomic E-state index is 1.02. The van der Waals surface area contributed by atoms with Gasteiger partial charge in [-0.3, -0.25) is 4.57 Å². The van der Waals surface area contributed by atoms with E-state index in [-0.39, 0.29) is 0 Å². The van der Waals surface area contributed by atoms with Gasteiger partial charge in [-0.25, -0.2) is 4.98 Å². The van der Waals surface area contributed by atoms with Gasteiger partial charge in [-0.1, -0.05) is 54.6 Å². The molecular weight excluding hydrogens is 256 g/mol. The quantitative estimate of drug-likeness (QED) is 0.516. The average molecular weight is 270 g/mol. The summed E-state index contributed by atoms with van der Waals surface area (Å²) in [7, 11) is 0. The van der Waals surface area contributed by atoms with E-state index in [9.17, 15) is 0 Å². The van der Waals surface area contributed by atoms with Crippen LogP contribution in [0.25, 0.3) is 27.8 Å². The summed E-state index contributed by atoms with van der Waals surface area (Å²) < 4.78 is 2.13. The van der Waals surface area contributed by atoms with E-state index in [2.05, 4.69) is 64.1 Å². The third-order valence-corrected chi connectivity index (χ3v) is 3.69. The van der Waals surface area contributed by atoms with Gasteiger partial charge < -0.3 is 0 Å². The first-order chi connectivity index (χ1) is 10.4. The Kier molecular flexibility index (Phi) is 2.79. The van der Waals surface area contributed by atoms with Gasteiger partial charge in [-0.05, 0) is 35.4 Å². The molecule has 1 aromatic heterocycles. The summed E-state index contributed by atoms with van der Waals surface area (Å²) in [6, 6.07) is 27.1. The Hall–Kier alpha value is -2.87. The standard InChI is InChI=1S/C19H14N2/c1-2-7-15(8-3-1)16-9-6-10-17(13-16)21-14-20-18-11-4-5-12-19(18)21/h1-14H. The molecule has 4 aromatic rings. The third kappa shape index (κ3) is 2.11. The van der Waals surface area contributed by atoms with Crippen LogP contribution in [-0.2, 0) is 0 Å². The number of rotatable bonds is 2. The molecule has 0 amide bonds. The van der Waals surface area contributed by atoms with Crippen LogP contribution < -0.4 is 0 Å². The second-order valence-corrected chi connectivity index (χ2v) is 5.02. The number of hydrogen-bond acceptors (Lipinski definition) is 1. The lowest BCUT2D eigenvalue weighted by Gasteiger charge is -2.07. The summed E-state index contributed by atoms with van der Waals surface area (Å²) in [6.45, 7) is 0. The highest BCUT2D eigenvalue weighted by atomic mass is 15.0. The molecule has 4 rings (SSSR count). The molecule has 0 aliphatic rings. The molecule has 21 heavy (non-hydrogen) atoms. The molecule has 0 aliphatic carbocycles. The van der Waals surface area contributed by atoms with E-state index in [1.165, 1.54) is 11.1 Å². The fourth-order valence-corrected chi connectivity index (χ4v) is 2.63. The number of benzene rings is 3. The second-order valence-electron chi connectivity index (χ2n) is 5.02. The fourth-order valence-electron chi connectivity index (χ4n) is 2.63. The number of imidazole rings is 1. The van der Waals surface area contributed by atoms with Crippen molar-refractivity contribution in [1.29, 1.82) is 0 Å². The summed E-state index contributed by atoms with van der Waals surface area (Å²) in [5.41, 5.74) is 5.71. The second kappa shape index (κ2) is 4.91. The zero-order chi connectivity index (χ0) is 14.1. The molecule has 3 aromatic carbocycles. The molecule has 0 atom stereocenters. The first-order valence-corrected chi connectivity index (χ1v) is 7.00. The van der Waals surface area contributed by atoms with Crippen molar-refractivity contribution in [3.63, 3.8) is 0 Å². The van der Waals surface area contributed by atoms with Crippen LogP contribution in [-0.4, -0.2) is 9.55 Å². The maximum Gasteiger partial charge on any atom is 0.100 e. The Labute approximate surface area is 123 Å². The molecule has 100 valence electrons. The smallest absolute Gasteiger partial charge is 0.100 e. The largest absolute Gasteiger partial charge is 0.299 e. The molecule has 0 fully saturated rings. The molecular formula is C19H14N2. The normalized spacial score (nSPS) is 10.9. The summed E-state index contributed by atoms with van der Waals surface area (Å²) in [5.74, 6) is 0. The van der Waals surface area contributed by atoms with E-state index in [1.807, 2.05) is 30.6 Å². The summed E-state index contributed by atoms with van der Waals surface area (Å²) in [4.78, 5) is 4.46. The molecule has 0 saturated carbocycles. The lowest BCUT2D eigenvalue weighted by Crippen LogP contribution is -1.92.